The zero-order valence-electron chi connectivity index (χ0n) is 17.8. The molecule has 7 heteroatoms. The summed E-state index contributed by atoms with van der Waals surface area (Å²) in [6, 6.07) is 8.98. The molecule has 164 valence electrons. The van der Waals surface area contributed by atoms with Crippen LogP contribution in [0.5, 0.6) is 0 Å². The second kappa shape index (κ2) is 7.79. The maximum absolute atomic E-state index is 13.7. The number of hydrogen-bond donors (Lipinski definition) is 2. The molecule has 5 atom stereocenters. The van der Waals surface area contributed by atoms with Gasteiger partial charge in [0.2, 0.25) is 17.7 Å². The normalized spacial score (nSPS) is 34.1. The van der Waals surface area contributed by atoms with Gasteiger partial charge in [-0.3, -0.25) is 14.4 Å². The van der Waals surface area contributed by atoms with Crippen LogP contribution in [0.3, 0.4) is 0 Å². The summed E-state index contributed by atoms with van der Waals surface area (Å²) in [5.74, 6) is -1.89. The van der Waals surface area contributed by atoms with Crippen LogP contribution in [0.15, 0.2) is 42.5 Å². The van der Waals surface area contributed by atoms with Gasteiger partial charge in [0.1, 0.15) is 11.6 Å². The Bertz CT molecular complexity index is 911. The molecule has 5 rings (SSSR count). The molecule has 4 aliphatic rings. The van der Waals surface area contributed by atoms with Crippen LogP contribution in [0, 0.1) is 11.8 Å². The fraction of sp³-hybridized carbons (Fsp3) is 0.542. The third-order valence-electron chi connectivity index (χ3n) is 7.32. The van der Waals surface area contributed by atoms with E-state index in [-0.39, 0.29) is 23.8 Å². The average Bonchev–Trinajstić information content (AvgIpc) is 3.42. The van der Waals surface area contributed by atoms with E-state index in [2.05, 4.69) is 10.6 Å². The van der Waals surface area contributed by atoms with E-state index >= 15 is 0 Å². The van der Waals surface area contributed by atoms with Crippen molar-refractivity contribution in [3.8, 4) is 0 Å². The minimum Gasteiger partial charge on any atom is -0.359 e. The molecule has 1 aromatic rings. The smallest absolute Gasteiger partial charge is 0.246 e. The minimum atomic E-state index is -1.09. The summed E-state index contributed by atoms with van der Waals surface area (Å²) in [5.41, 5.74) is -0.148. The Balaban J connectivity index is 1.50. The van der Waals surface area contributed by atoms with Crippen molar-refractivity contribution in [3.63, 3.8) is 0 Å². The third kappa shape index (κ3) is 3.17. The van der Waals surface area contributed by atoms with E-state index < -0.39 is 29.6 Å². The van der Waals surface area contributed by atoms with E-state index in [1.807, 2.05) is 42.5 Å². The van der Waals surface area contributed by atoms with E-state index in [9.17, 15) is 14.4 Å². The molecule has 3 aliphatic heterocycles. The van der Waals surface area contributed by atoms with Crippen molar-refractivity contribution in [1.29, 1.82) is 0 Å². The SMILES string of the molecule is CNC(=O)[C@@H]1[C@H]2C=C[C@]3(O2)[C@H](C(=O)NC2CCCCC2)N(Cc2ccccc2)C(=O)[C@@H]13. The molecule has 1 spiro atoms. The molecule has 3 fully saturated rings. The lowest BCUT2D eigenvalue weighted by Gasteiger charge is -2.34. The number of nitrogens with zero attached hydrogens (tertiary/aromatic N) is 1. The predicted octanol–water partition coefficient (Wildman–Crippen LogP) is 1.53. The fourth-order valence-corrected chi connectivity index (χ4v) is 5.91. The molecule has 1 saturated carbocycles. The summed E-state index contributed by atoms with van der Waals surface area (Å²) in [4.78, 5) is 41.6. The summed E-state index contributed by atoms with van der Waals surface area (Å²) >= 11 is 0. The summed E-state index contributed by atoms with van der Waals surface area (Å²) in [6.45, 7) is 0.309. The van der Waals surface area contributed by atoms with E-state index in [0.29, 0.717) is 6.54 Å². The molecular weight excluding hydrogens is 394 g/mol. The van der Waals surface area contributed by atoms with Gasteiger partial charge in [-0.25, -0.2) is 0 Å². The zero-order chi connectivity index (χ0) is 21.6. The number of carbonyl (C=O) groups is 3. The summed E-state index contributed by atoms with van der Waals surface area (Å²) in [7, 11) is 1.57. The quantitative estimate of drug-likeness (QED) is 0.703. The van der Waals surface area contributed by atoms with Crippen LogP contribution in [-0.2, 0) is 25.7 Å². The Labute approximate surface area is 182 Å². The van der Waals surface area contributed by atoms with Crippen LogP contribution in [-0.4, -0.2) is 53.5 Å². The first-order valence-electron chi connectivity index (χ1n) is 11.3. The second-order valence-corrected chi connectivity index (χ2v) is 9.11. The summed E-state index contributed by atoms with van der Waals surface area (Å²) in [6.07, 6.45) is 8.55. The highest BCUT2D eigenvalue weighted by Gasteiger charge is 2.72. The van der Waals surface area contributed by atoms with Gasteiger partial charge in [0.15, 0.2) is 0 Å². The molecule has 3 heterocycles. The number of rotatable bonds is 5. The average molecular weight is 424 g/mol. The van der Waals surface area contributed by atoms with Gasteiger partial charge in [-0.1, -0.05) is 61.7 Å². The molecule has 7 nitrogen and oxygen atoms in total. The number of likely N-dealkylation sites (tertiary alicyclic amines) is 1. The Morgan fingerprint density at radius 3 is 2.58 bits per heavy atom. The number of amides is 3. The predicted molar refractivity (Wildman–Crippen MR) is 114 cm³/mol. The Kier molecular flexibility index (Phi) is 5.08. The highest BCUT2D eigenvalue weighted by atomic mass is 16.5. The largest absolute Gasteiger partial charge is 0.359 e. The number of fused-ring (bicyclic) bond motifs is 1. The van der Waals surface area contributed by atoms with Gasteiger partial charge in [0.05, 0.1) is 17.9 Å². The van der Waals surface area contributed by atoms with Crippen LogP contribution < -0.4 is 10.6 Å². The van der Waals surface area contributed by atoms with Gasteiger partial charge >= 0.3 is 0 Å². The molecule has 2 saturated heterocycles. The number of benzene rings is 1. The van der Waals surface area contributed by atoms with Gasteiger partial charge in [-0.05, 0) is 18.4 Å². The zero-order valence-corrected chi connectivity index (χ0v) is 17.8. The number of ether oxygens (including phenoxy) is 1. The van der Waals surface area contributed by atoms with Crippen molar-refractivity contribution in [2.45, 2.75) is 62.4 Å². The maximum Gasteiger partial charge on any atom is 0.246 e. The van der Waals surface area contributed by atoms with Crippen LogP contribution in [0.2, 0.25) is 0 Å². The van der Waals surface area contributed by atoms with Crippen LogP contribution >= 0.6 is 0 Å². The highest BCUT2D eigenvalue weighted by molar-refractivity contribution is 5.99. The van der Waals surface area contributed by atoms with E-state index in [4.69, 9.17) is 4.74 Å². The number of nitrogens with one attached hydrogen (secondary N) is 2. The van der Waals surface area contributed by atoms with Gasteiger partial charge in [0, 0.05) is 19.6 Å². The topological polar surface area (TPSA) is 87.7 Å². The highest BCUT2D eigenvalue weighted by Crippen LogP contribution is 2.55. The summed E-state index contributed by atoms with van der Waals surface area (Å²) in [5, 5.41) is 5.87. The number of hydrogen-bond acceptors (Lipinski definition) is 4. The third-order valence-corrected chi connectivity index (χ3v) is 7.32. The Morgan fingerprint density at radius 2 is 1.87 bits per heavy atom. The van der Waals surface area contributed by atoms with Crippen molar-refractivity contribution < 1.29 is 19.1 Å². The minimum absolute atomic E-state index is 0.127. The molecule has 3 amide bonds. The molecule has 1 aliphatic carbocycles. The van der Waals surface area contributed by atoms with Crippen LogP contribution in [0.1, 0.15) is 37.7 Å². The fourth-order valence-electron chi connectivity index (χ4n) is 5.91. The van der Waals surface area contributed by atoms with Crippen LogP contribution in [0.4, 0.5) is 0 Å². The maximum atomic E-state index is 13.7. The molecule has 0 unspecified atom stereocenters. The molecule has 0 radical (unpaired) electrons. The lowest BCUT2D eigenvalue weighted by atomic mass is 9.74. The lowest BCUT2D eigenvalue weighted by Crippen LogP contribution is -2.56. The molecule has 0 aromatic heterocycles. The number of carbonyl (C=O) groups excluding carboxylic acids is 3. The van der Waals surface area contributed by atoms with E-state index in [1.165, 1.54) is 6.42 Å². The van der Waals surface area contributed by atoms with Crippen LogP contribution in [0.25, 0.3) is 0 Å². The monoisotopic (exact) mass is 423 g/mol. The van der Waals surface area contributed by atoms with Crippen molar-refractivity contribution in [1.82, 2.24) is 15.5 Å². The first kappa shape index (κ1) is 20.2. The molecule has 2 N–H and O–H groups in total. The second-order valence-electron chi connectivity index (χ2n) is 9.11. The van der Waals surface area contributed by atoms with Gasteiger partial charge in [0.25, 0.3) is 0 Å². The Morgan fingerprint density at radius 1 is 1.13 bits per heavy atom. The Hall–Kier alpha value is -2.67. The van der Waals surface area contributed by atoms with Gasteiger partial charge in [-0.2, -0.15) is 0 Å². The standard InChI is InChI=1S/C24H29N3O4/c1-25-21(28)18-17-12-13-24(31-17)19(18)23(30)27(14-15-8-4-2-5-9-15)20(24)22(29)26-16-10-6-3-7-11-16/h2,4-5,8-9,12-13,16-20H,3,6-7,10-11,14H2,1H3,(H,25,28)(H,26,29)/t17-,18-,19-,20+,24-/m1/s1. The van der Waals surface area contributed by atoms with E-state index in [1.54, 1.807) is 11.9 Å². The molecule has 1 aromatic carbocycles. The van der Waals surface area contributed by atoms with Crippen molar-refractivity contribution in [2.24, 2.45) is 11.8 Å². The molecule has 2 bridgehead atoms. The molecule has 31 heavy (non-hydrogen) atoms. The summed E-state index contributed by atoms with van der Waals surface area (Å²) < 4.78 is 6.29. The van der Waals surface area contributed by atoms with Gasteiger partial charge < -0.3 is 20.3 Å². The van der Waals surface area contributed by atoms with Crippen molar-refractivity contribution in [2.75, 3.05) is 7.05 Å². The van der Waals surface area contributed by atoms with Crippen molar-refractivity contribution >= 4 is 17.7 Å². The lowest BCUT2D eigenvalue weighted by molar-refractivity contribution is -0.142. The first-order chi connectivity index (χ1) is 15.0. The van der Waals surface area contributed by atoms with Gasteiger partial charge in [-0.15, -0.1) is 0 Å². The van der Waals surface area contributed by atoms with E-state index in [0.717, 1.165) is 31.2 Å². The molecular formula is C24H29N3O4. The van der Waals surface area contributed by atoms with Crippen molar-refractivity contribution in [3.05, 3.63) is 48.0 Å². The first-order valence-corrected chi connectivity index (χ1v) is 11.3.